The van der Waals surface area contributed by atoms with Gasteiger partial charge in [0.15, 0.2) is 0 Å². The highest BCUT2D eigenvalue weighted by molar-refractivity contribution is 5.89. The molecule has 2 N–H and O–H groups in total. The molecule has 0 spiro atoms. The first kappa shape index (κ1) is 16.1. The van der Waals surface area contributed by atoms with Crippen molar-refractivity contribution in [3.05, 3.63) is 70.3 Å². The first-order valence-electron chi connectivity index (χ1n) is 6.80. The lowest BCUT2D eigenvalue weighted by molar-refractivity contribution is 0.0696. The number of carboxylic acid groups (broad SMARTS) is 1. The number of hydrogen-bond donors (Lipinski definition) is 2. The molecule has 5 heteroatoms. The molecule has 0 aliphatic rings. The van der Waals surface area contributed by atoms with Gasteiger partial charge in [-0.2, -0.15) is 0 Å². The van der Waals surface area contributed by atoms with E-state index in [4.69, 9.17) is 5.11 Å². The number of benzene rings is 2. The van der Waals surface area contributed by atoms with Crippen LogP contribution in [0.3, 0.4) is 0 Å². The molecule has 1 atom stereocenters. The van der Waals surface area contributed by atoms with Gasteiger partial charge >= 0.3 is 5.97 Å². The molecule has 0 heterocycles. The fourth-order valence-electron chi connectivity index (χ4n) is 2.41. The summed E-state index contributed by atoms with van der Waals surface area (Å²) in [6.45, 7) is 1.43. The summed E-state index contributed by atoms with van der Waals surface area (Å²) in [5, 5.41) is 18.7. The van der Waals surface area contributed by atoms with Crippen molar-refractivity contribution in [1.82, 2.24) is 0 Å². The first-order chi connectivity index (χ1) is 10.4. The molecular weight excluding hydrogens is 290 g/mol. The molecule has 0 bridgehead atoms. The molecule has 0 aromatic heterocycles. The predicted octanol–water partition coefficient (Wildman–Crippen LogP) is 3.97. The molecule has 0 radical (unpaired) electrons. The van der Waals surface area contributed by atoms with E-state index < -0.39 is 18.5 Å². The summed E-state index contributed by atoms with van der Waals surface area (Å²) >= 11 is 0. The van der Waals surface area contributed by atoms with E-state index in [9.17, 15) is 18.7 Å². The van der Waals surface area contributed by atoms with Crippen LogP contribution in [-0.2, 0) is 6.42 Å². The van der Waals surface area contributed by atoms with Gasteiger partial charge in [0, 0.05) is 5.56 Å². The molecule has 0 saturated heterocycles. The Labute approximate surface area is 126 Å². The van der Waals surface area contributed by atoms with Gasteiger partial charge in [0.25, 0.3) is 6.43 Å². The normalized spacial score (nSPS) is 12.4. The minimum absolute atomic E-state index is 0.153. The van der Waals surface area contributed by atoms with Gasteiger partial charge in [-0.1, -0.05) is 30.3 Å². The second kappa shape index (κ2) is 6.66. The monoisotopic (exact) mass is 306 g/mol. The van der Waals surface area contributed by atoms with E-state index in [0.29, 0.717) is 11.1 Å². The minimum atomic E-state index is -2.70. The SMILES string of the molecule is C[C@H](O)c1ccc(Cc2ccccc2C(=O)O)cc1C(F)F. The second-order valence-corrected chi connectivity index (χ2v) is 5.08. The Morgan fingerprint density at radius 1 is 1.14 bits per heavy atom. The van der Waals surface area contributed by atoms with E-state index in [-0.39, 0.29) is 23.1 Å². The number of aliphatic hydroxyl groups excluding tert-OH is 1. The lowest BCUT2D eigenvalue weighted by atomic mass is 9.95. The molecule has 0 unspecified atom stereocenters. The number of halogens is 2. The zero-order valence-corrected chi connectivity index (χ0v) is 12.0. The van der Waals surface area contributed by atoms with E-state index in [1.165, 1.54) is 25.1 Å². The van der Waals surface area contributed by atoms with Gasteiger partial charge in [-0.05, 0) is 42.2 Å². The molecule has 2 aromatic carbocycles. The second-order valence-electron chi connectivity index (χ2n) is 5.08. The molecule has 0 aliphatic heterocycles. The Balaban J connectivity index is 2.39. The van der Waals surface area contributed by atoms with Crippen molar-refractivity contribution in [2.45, 2.75) is 25.9 Å². The van der Waals surface area contributed by atoms with Crippen LogP contribution in [0.15, 0.2) is 42.5 Å². The smallest absolute Gasteiger partial charge is 0.335 e. The van der Waals surface area contributed by atoms with Crippen LogP contribution < -0.4 is 0 Å². The van der Waals surface area contributed by atoms with Crippen LogP contribution in [0.5, 0.6) is 0 Å². The van der Waals surface area contributed by atoms with Crippen LogP contribution in [0.1, 0.15) is 52.1 Å². The van der Waals surface area contributed by atoms with Crippen LogP contribution in [0.4, 0.5) is 8.78 Å². The summed E-state index contributed by atoms with van der Waals surface area (Å²) in [5.41, 5.74) is 1.25. The standard InChI is InChI=1S/C17H16F2O3/c1-10(20)13-7-6-11(9-15(13)16(18)19)8-12-4-2-3-5-14(12)17(21)22/h2-7,9-10,16,20H,8H2,1H3,(H,21,22)/t10-/m0/s1. The maximum Gasteiger partial charge on any atom is 0.335 e. The fraction of sp³-hybridized carbons (Fsp3) is 0.235. The molecule has 0 amide bonds. The summed E-state index contributed by atoms with van der Waals surface area (Å²) in [6.07, 6.45) is -3.44. The molecular formula is C17H16F2O3. The molecule has 2 rings (SSSR count). The average molecular weight is 306 g/mol. The highest BCUT2D eigenvalue weighted by Gasteiger charge is 2.17. The van der Waals surface area contributed by atoms with E-state index in [1.807, 2.05) is 0 Å². The summed E-state index contributed by atoms with van der Waals surface area (Å²) in [5.74, 6) is -1.05. The maximum atomic E-state index is 13.1. The Bertz CT molecular complexity index is 681. The Morgan fingerprint density at radius 3 is 2.41 bits per heavy atom. The predicted molar refractivity (Wildman–Crippen MR) is 78.2 cm³/mol. The topological polar surface area (TPSA) is 57.5 Å². The number of aliphatic hydroxyl groups is 1. The van der Waals surface area contributed by atoms with Gasteiger partial charge < -0.3 is 10.2 Å². The highest BCUT2D eigenvalue weighted by Crippen LogP contribution is 2.29. The lowest BCUT2D eigenvalue weighted by Crippen LogP contribution is -2.04. The summed E-state index contributed by atoms with van der Waals surface area (Å²) in [6, 6.07) is 10.9. The largest absolute Gasteiger partial charge is 0.478 e. The van der Waals surface area contributed by atoms with E-state index in [0.717, 1.165) is 0 Å². The summed E-state index contributed by atoms with van der Waals surface area (Å²) in [7, 11) is 0. The van der Waals surface area contributed by atoms with E-state index in [2.05, 4.69) is 0 Å². The zero-order valence-electron chi connectivity index (χ0n) is 12.0. The zero-order chi connectivity index (χ0) is 16.3. The fourth-order valence-corrected chi connectivity index (χ4v) is 2.41. The van der Waals surface area contributed by atoms with E-state index >= 15 is 0 Å². The van der Waals surface area contributed by atoms with Crippen molar-refractivity contribution in [2.24, 2.45) is 0 Å². The van der Waals surface area contributed by atoms with Gasteiger partial charge in [-0.15, -0.1) is 0 Å². The van der Waals surface area contributed by atoms with Crippen LogP contribution >= 0.6 is 0 Å². The summed E-state index contributed by atoms with van der Waals surface area (Å²) < 4.78 is 26.2. The molecule has 2 aromatic rings. The van der Waals surface area contributed by atoms with Crippen LogP contribution in [-0.4, -0.2) is 16.2 Å². The number of carboxylic acids is 1. The van der Waals surface area contributed by atoms with Gasteiger partial charge in [0.1, 0.15) is 0 Å². The molecule has 3 nitrogen and oxygen atoms in total. The number of alkyl halides is 2. The van der Waals surface area contributed by atoms with Crippen LogP contribution in [0, 0.1) is 0 Å². The van der Waals surface area contributed by atoms with Gasteiger partial charge in [0.2, 0.25) is 0 Å². The Hall–Kier alpha value is -2.27. The van der Waals surface area contributed by atoms with Crippen molar-refractivity contribution in [1.29, 1.82) is 0 Å². The Morgan fingerprint density at radius 2 is 1.82 bits per heavy atom. The molecule has 0 saturated carbocycles. The maximum absolute atomic E-state index is 13.1. The molecule has 116 valence electrons. The van der Waals surface area contributed by atoms with Crippen molar-refractivity contribution in [2.75, 3.05) is 0 Å². The third-order valence-electron chi connectivity index (χ3n) is 3.48. The van der Waals surface area contributed by atoms with Crippen LogP contribution in [0.2, 0.25) is 0 Å². The Kier molecular flexibility index (Phi) is 4.88. The molecule has 0 aliphatic carbocycles. The van der Waals surface area contributed by atoms with Gasteiger partial charge in [-0.25, -0.2) is 13.6 Å². The van der Waals surface area contributed by atoms with E-state index in [1.54, 1.807) is 24.3 Å². The van der Waals surface area contributed by atoms with Gasteiger partial charge in [0.05, 0.1) is 11.7 Å². The highest BCUT2D eigenvalue weighted by atomic mass is 19.3. The van der Waals surface area contributed by atoms with Crippen LogP contribution in [0.25, 0.3) is 0 Å². The minimum Gasteiger partial charge on any atom is -0.478 e. The first-order valence-corrected chi connectivity index (χ1v) is 6.80. The quantitative estimate of drug-likeness (QED) is 0.879. The molecule has 0 fully saturated rings. The van der Waals surface area contributed by atoms with Crippen molar-refractivity contribution >= 4 is 5.97 Å². The number of rotatable bonds is 5. The number of aromatic carboxylic acids is 1. The van der Waals surface area contributed by atoms with Crippen molar-refractivity contribution < 1.29 is 23.8 Å². The number of carbonyl (C=O) groups is 1. The third kappa shape index (κ3) is 3.49. The third-order valence-corrected chi connectivity index (χ3v) is 3.48. The van der Waals surface area contributed by atoms with Crippen molar-refractivity contribution in [3.8, 4) is 0 Å². The molecule has 22 heavy (non-hydrogen) atoms. The summed E-state index contributed by atoms with van der Waals surface area (Å²) in [4.78, 5) is 11.2. The number of hydrogen-bond acceptors (Lipinski definition) is 2. The van der Waals surface area contributed by atoms with Crippen molar-refractivity contribution in [3.63, 3.8) is 0 Å². The van der Waals surface area contributed by atoms with Gasteiger partial charge in [-0.3, -0.25) is 0 Å². The lowest BCUT2D eigenvalue weighted by Gasteiger charge is -2.14. The average Bonchev–Trinajstić information content (AvgIpc) is 2.47.